The molecule has 3 nitrogen and oxygen atoms in total. The highest BCUT2D eigenvalue weighted by Crippen LogP contribution is 2.27. The molecule has 1 atom stereocenters. The second kappa shape index (κ2) is 5.33. The maximum atomic E-state index is 9.69. The third-order valence-corrected chi connectivity index (χ3v) is 3.49. The van der Waals surface area contributed by atoms with Gasteiger partial charge in [0.1, 0.15) is 6.61 Å². The Kier molecular flexibility index (Phi) is 3.38. The highest BCUT2D eigenvalue weighted by atomic mass is 16.5. The van der Waals surface area contributed by atoms with Crippen molar-refractivity contribution in [2.75, 3.05) is 13.2 Å². The van der Waals surface area contributed by atoms with Crippen LogP contribution >= 0.6 is 0 Å². The van der Waals surface area contributed by atoms with Crippen molar-refractivity contribution in [1.29, 1.82) is 0 Å². The minimum atomic E-state index is 0.185. The average Bonchev–Trinajstić information content (AvgIpc) is 2.46. The van der Waals surface area contributed by atoms with Crippen LogP contribution in [0, 0.1) is 0 Å². The summed E-state index contributed by atoms with van der Waals surface area (Å²) in [6.07, 6.45) is 1.06. The predicted octanol–water partition coefficient (Wildman–Crippen LogP) is 2.66. The molecule has 1 aliphatic heterocycles. The molecule has 2 N–H and O–H groups in total. The highest BCUT2D eigenvalue weighted by molar-refractivity contribution is 5.38. The van der Waals surface area contributed by atoms with Crippen molar-refractivity contribution in [3.05, 3.63) is 59.7 Å². The summed E-state index contributed by atoms with van der Waals surface area (Å²) in [6.45, 7) is 1.49. The molecule has 2 aromatic carbocycles. The Morgan fingerprint density at radius 1 is 1.11 bits per heavy atom. The molecule has 19 heavy (non-hydrogen) atoms. The maximum Gasteiger partial charge on any atom is 0.161 e. The normalized spacial score (nSPS) is 17.8. The van der Waals surface area contributed by atoms with Gasteiger partial charge in [0, 0.05) is 0 Å². The first kappa shape index (κ1) is 12.1. The monoisotopic (exact) mass is 255 g/mol. The van der Waals surface area contributed by atoms with Gasteiger partial charge in [0.05, 0.1) is 6.04 Å². The lowest BCUT2D eigenvalue weighted by molar-refractivity contribution is 0.251. The van der Waals surface area contributed by atoms with E-state index in [1.54, 1.807) is 18.2 Å². The molecular formula is C16H17NO2. The van der Waals surface area contributed by atoms with Gasteiger partial charge in [-0.2, -0.15) is 0 Å². The van der Waals surface area contributed by atoms with Crippen LogP contribution in [-0.4, -0.2) is 18.3 Å². The van der Waals surface area contributed by atoms with E-state index in [0.717, 1.165) is 13.0 Å². The Balaban J connectivity index is 1.73. The van der Waals surface area contributed by atoms with Crippen LogP contribution in [0.3, 0.4) is 0 Å². The number of phenolic OH excluding ortho intramolecular Hbond substituents is 1. The molecule has 0 spiro atoms. The minimum Gasteiger partial charge on any atom is -0.504 e. The van der Waals surface area contributed by atoms with Crippen LogP contribution in [0.5, 0.6) is 11.5 Å². The van der Waals surface area contributed by atoms with E-state index in [4.69, 9.17) is 4.74 Å². The fourth-order valence-corrected chi connectivity index (χ4v) is 2.49. The number of ether oxygens (including phenoxy) is 1. The molecule has 1 heterocycles. The van der Waals surface area contributed by atoms with Crippen LogP contribution in [0.1, 0.15) is 17.2 Å². The molecule has 0 bridgehead atoms. The van der Waals surface area contributed by atoms with Crippen molar-refractivity contribution < 1.29 is 9.84 Å². The topological polar surface area (TPSA) is 41.5 Å². The molecule has 3 heteroatoms. The molecule has 0 amide bonds. The van der Waals surface area contributed by atoms with E-state index in [2.05, 4.69) is 29.6 Å². The van der Waals surface area contributed by atoms with Crippen LogP contribution in [0.4, 0.5) is 0 Å². The third-order valence-electron chi connectivity index (χ3n) is 3.49. The first-order valence-corrected chi connectivity index (χ1v) is 6.56. The molecule has 1 aliphatic rings. The molecule has 0 saturated carbocycles. The van der Waals surface area contributed by atoms with Crippen LogP contribution in [-0.2, 0) is 6.42 Å². The van der Waals surface area contributed by atoms with Crippen molar-refractivity contribution in [2.24, 2.45) is 0 Å². The van der Waals surface area contributed by atoms with E-state index in [9.17, 15) is 5.11 Å². The SMILES string of the molecule is Oc1ccccc1OCC1NCCc2ccccc21. The van der Waals surface area contributed by atoms with Gasteiger partial charge < -0.3 is 15.2 Å². The van der Waals surface area contributed by atoms with Gasteiger partial charge in [-0.3, -0.25) is 0 Å². The molecule has 98 valence electrons. The van der Waals surface area contributed by atoms with Gasteiger partial charge in [0.2, 0.25) is 0 Å². The van der Waals surface area contributed by atoms with E-state index in [1.807, 2.05) is 6.07 Å². The number of para-hydroxylation sites is 2. The largest absolute Gasteiger partial charge is 0.504 e. The summed E-state index contributed by atoms with van der Waals surface area (Å²) >= 11 is 0. The van der Waals surface area contributed by atoms with Crippen LogP contribution in [0.2, 0.25) is 0 Å². The van der Waals surface area contributed by atoms with E-state index in [1.165, 1.54) is 11.1 Å². The van der Waals surface area contributed by atoms with Gasteiger partial charge >= 0.3 is 0 Å². The van der Waals surface area contributed by atoms with E-state index >= 15 is 0 Å². The number of benzene rings is 2. The summed E-state index contributed by atoms with van der Waals surface area (Å²) in [5.74, 6) is 0.721. The summed E-state index contributed by atoms with van der Waals surface area (Å²) in [6, 6.07) is 15.7. The summed E-state index contributed by atoms with van der Waals surface area (Å²) < 4.78 is 5.72. The highest BCUT2D eigenvalue weighted by Gasteiger charge is 2.19. The quantitative estimate of drug-likeness (QED) is 0.886. The minimum absolute atomic E-state index is 0.185. The Labute approximate surface area is 112 Å². The number of aromatic hydroxyl groups is 1. The van der Waals surface area contributed by atoms with Crippen molar-refractivity contribution in [2.45, 2.75) is 12.5 Å². The maximum absolute atomic E-state index is 9.69. The molecular weight excluding hydrogens is 238 g/mol. The molecule has 0 aromatic heterocycles. The Morgan fingerprint density at radius 2 is 1.89 bits per heavy atom. The van der Waals surface area contributed by atoms with Crippen molar-refractivity contribution >= 4 is 0 Å². The zero-order valence-corrected chi connectivity index (χ0v) is 10.7. The van der Waals surface area contributed by atoms with Gasteiger partial charge in [-0.05, 0) is 36.2 Å². The molecule has 3 rings (SSSR count). The van der Waals surface area contributed by atoms with Crippen molar-refractivity contribution in [1.82, 2.24) is 5.32 Å². The van der Waals surface area contributed by atoms with Gasteiger partial charge in [-0.15, -0.1) is 0 Å². The number of phenols is 1. The first-order valence-electron chi connectivity index (χ1n) is 6.56. The van der Waals surface area contributed by atoms with E-state index in [-0.39, 0.29) is 11.8 Å². The number of rotatable bonds is 3. The second-order valence-corrected chi connectivity index (χ2v) is 4.73. The zero-order chi connectivity index (χ0) is 13.1. The Morgan fingerprint density at radius 3 is 2.79 bits per heavy atom. The van der Waals surface area contributed by atoms with E-state index in [0.29, 0.717) is 12.4 Å². The van der Waals surface area contributed by atoms with Gasteiger partial charge in [0.25, 0.3) is 0 Å². The fraction of sp³-hybridized carbons (Fsp3) is 0.250. The van der Waals surface area contributed by atoms with Gasteiger partial charge in [-0.1, -0.05) is 36.4 Å². The van der Waals surface area contributed by atoms with Crippen LogP contribution in [0.15, 0.2) is 48.5 Å². The van der Waals surface area contributed by atoms with Crippen LogP contribution in [0.25, 0.3) is 0 Å². The Hall–Kier alpha value is -2.00. The molecule has 0 radical (unpaired) electrons. The van der Waals surface area contributed by atoms with Crippen LogP contribution < -0.4 is 10.1 Å². The first-order chi connectivity index (χ1) is 9.34. The fourth-order valence-electron chi connectivity index (χ4n) is 2.49. The van der Waals surface area contributed by atoms with Crippen molar-refractivity contribution in [3.63, 3.8) is 0 Å². The average molecular weight is 255 g/mol. The lowest BCUT2D eigenvalue weighted by Gasteiger charge is -2.27. The standard InChI is InChI=1S/C16H17NO2/c18-15-7-3-4-8-16(15)19-11-14-13-6-2-1-5-12(13)9-10-17-14/h1-8,14,17-18H,9-11H2. The zero-order valence-electron chi connectivity index (χ0n) is 10.7. The predicted molar refractivity (Wildman–Crippen MR) is 74.5 cm³/mol. The van der Waals surface area contributed by atoms with Gasteiger partial charge in [-0.25, -0.2) is 0 Å². The molecule has 0 fully saturated rings. The second-order valence-electron chi connectivity index (χ2n) is 4.73. The summed E-state index contributed by atoms with van der Waals surface area (Å²) in [7, 11) is 0. The lowest BCUT2D eigenvalue weighted by atomic mass is 9.95. The third kappa shape index (κ3) is 2.56. The van der Waals surface area contributed by atoms with E-state index < -0.39 is 0 Å². The smallest absolute Gasteiger partial charge is 0.161 e. The molecule has 0 saturated heterocycles. The molecule has 2 aromatic rings. The Bertz CT molecular complexity index is 568. The number of fused-ring (bicyclic) bond motifs is 1. The molecule has 0 aliphatic carbocycles. The number of nitrogens with one attached hydrogen (secondary N) is 1. The lowest BCUT2D eigenvalue weighted by Crippen LogP contribution is -2.33. The number of hydrogen-bond donors (Lipinski definition) is 2. The van der Waals surface area contributed by atoms with Crippen molar-refractivity contribution in [3.8, 4) is 11.5 Å². The summed E-state index contributed by atoms with van der Waals surface area (Å²) in [5.41, 5.74) is 2.68. The number of hydrogen-bond acceptors (Lipinski definition) is 3. The summed E-state index contributed by atoms with van der Waals surface area (Å²) in [4.78, 5) is 0. The van der Waals surface area contributed by atoms with Gasteiger partial charge in [0.15, 0.2) is 11.5 Å². The summed E-state index contributed by atoms with van der Waals surface area (Å²) in [5, 5.41) is 13.1. The molecule has 1 unspecified atom stereocenters.